The van der Waals surface area contributed by atoms with Crippen LogP contribution in [0.15, 0.2) is 69.0 Å². The van der Waals surface area contributed by atoms with E-state index in [9.17, 15) is 4.79 Å². The second kappa shape index (κ2) is 9.27. The van der Waals surface area contributed by atoms with E-state index in [-0.39, 0.29) is 11.6 Å². The predicted molar refractivity (Wildman–Crippen MR) is 124 cm³/mol. The summed E-state index contributed by atoms with van der Waals surface area (Å²) in [6.07, 6.45) is 2.46. The maximum Gasteiger partial charge on any atom is 0.436 e. The van der Waals surface area contributed by atoms with Crippen molar-refractivity contribution in [3.63, 3.8) is 0 Å². The summed E-state index contributed by atoms with van der Waals surface area (Å²) >= 11 is 5.38. The van der Waals surface area contributed by atoms with Crippen LogP contribution in [0.3, 0.4) is 0 Å². The Morgan fingerprint density at radius 1 is 1.16 bits per heavy atom. The number of benzene rings is 2. The largest absolute Gasteiger partial charge is 0.436 e. The van der Waals surface area contributed by atoms with Crippen LogP contribution in [0.25, 0.3) is 5.69 Å². The van der Waals surface area contributed by atoms with Crippen LogP contribution >= 0.6 is 12.2 Å². The SMILES string of the molecule is CC(C)Cc1ccc(C(C)c2n[nH]c(=S)n2/N=C/c2c(=O)o[nH][n+]2-c2ccccc2)cc1. The number of rotatable bonds is 7. The molecule has 4 rings (SSSR count). The summed E-state index contributed by atoms with van der Waals surface area (Å²) in [4.78, 5) is 12.2. The van der Waals surface area contributed by atoms with Gasteiger partial charge in [0, 0.05) is 18.1 Å². The lowest BCUT2D eigenvalue weighted by Gasteiger charge is -2.12. The first kappa shape index (κ1) is 21.6. The van der Waals surface area contributed by atoms with E-state index in [1.54, 1.807) is 0 Å². The molecule has 0 spiro atoms. The van der Waals surface area contributed by atoms with Crippen LogP contribution in [0.5, 0.6) is 0 Å². The van der Waals surface area contributed by atoms with Gasteiger partial charge in [0.15, 0.2) is 5.82 Å². The van der Waals surface area contributed by atoms with Gasteiger partial charge in [-0.3, -0.25) is 9.62 Å². The summed E-state index contributed by atoms with van der Waals surface area (Å²) in [7, 11) is 0. The normalized spacial score (nSPS) is 12.6. The fourth-order valence-electron chi connectivity index (χ4n) is 3.53. The van der Waals surface area contributed by atoms with Gasteiger partial charge in [-0.1, -0.05) is 63.2 Å². The Morgan fingerprint density at radius 3 is 2.56 bits per heavy atom. The van der Waals surface area contributed by atoms with Crippen molar-refractivity contribution in [1.29, 1.82) is 0 Å². The first-order valence-corrected chi connectivity index (χ1v) is 10.8. The second-order valence-electron chi connectivity index (χ2n) is 8.04. The molecule has 0 aliphatic carbocycles. The fraction of sp³-hybridized carbons (Fsp3) is 0.261. The minimum Gasteiger partial charge on any atom is -0.282 e. The highest BCUT2D eigenvalue weighted by Crippen LogP contribution is 2.23. The lowest BCUT2D eigenvalue weighted by molar-refractivity contribution is -0.671. The van der Waals surface area contributed by atoms with Crippen molar-refractivity contribution in [2.45, 2.75) is 33.1 Å². The average Bonchev–Trinajstić information content (AvgIpc) is 3.34. The molecule has 1 unspecified atom stereocenters. The van der Waals surface area contributed by atoms with Crippen LogP contribution in [-0.2, 0) is 6.42 Å². The van der Waals surface area contributed by atoms with Gasteiger partial charge >= 0.3 is 11.3 Å². The summed E-state index contributed by atoms with van der Waals surface area (Å²) in [6, 6.07) is 17.8. The number of nitrogens with zero attached hydrogens (tertiary/aromatic N) is 4. The van der Waals surface area contributed by atoms with Crippen molar-refractivity contribution in [2.75, 3.05) is 0 Å². The molecule has 0 radical (unpaired) electrons. The van der Waals surface area contributed by atoms with Crippen LogP contribution in [0, 0.1) is 10.7 Å². The van der Waals surface area contributed by atoms with Gasteiger partial charge in [0.25, 0.3) is 0 Å². The number of hydrogen-bond acceptors (Lipinski definition) is 5. The van der Waals surface area contributed by atoms with E-state index in [1.165, 1.54) is 21.1 Å². The molecule has 2 heterocycles. The van der Waals surface area contributed by atoms with Crippen molar-refractivity contribution in [3.05, 3.63) is 92.4 Å². The quantitative estimate of drug-likeness (QED) is 0.255. The number of nitrogens with one attached hydrogen (secondary N) is 2. The molecular weight excluding hydrogens is 424 g/mol. The molecule has 0 aliphatic heterocycles. The van der Waals surface area contributed by atoms with E-state index in [4.69, 9.17) is 16.7 Å². The molecule has 164 valence electrons. The fourth-order valence-corrected chi connectivity index (χ4v) is 3.72. The van der Waals surface area contributed by atoms with Gasteiger partial charge in [-0.05, 0) is 45.6 Å². The summed E-state index contributed by atoms with van der Waals surface area (Å²) in [6.45, 7) is 6.46. The van der Waals surface area contributed by atoms with Gasteiger partial charge in [0.05, 0.1) is 0 Å². The maximum atomic E-state index is 12.2. The summed E-state index contributed by atoms with van der Waals surface area (Å²) in [5, 5.41) is 14.2. The minimum absolute atomic E-state index is 0.0583. The van der Waals surface area contributed by atoms with Crippen molar-refractivity contribution < 1.29 is 9.20 Å². The Bertz CT molecular complexity index is 1330. The van der Waals surface area contributed by atoms with E-state index in [0.29, 0.717) is 16.5 Å². The topological polar surface area (TPSA) is 95.8 Å². The standard InChI is InChI=1S/C23H24N6O2S/c1-15(2)13-17-9-11-18(12-10-17)16(3)21-25-26-23(32)29(21)24-14-20-22(30)31-27-28(20)19-7-5-4-6-8-19/h4-12,14-16H,13H2,1-3H3,(H-,24,26,27,30,32)/p+1. The zero-order valence-electron chi connectivity index (χ0n) is 18.1. The van der Waals surface area contributed by atoms with E-state index in [0.717, 1.165) is 17.7 Å². The van der Waals surface area contributed by atoms with Crippen LogP contribution in [0.2, 0.25) is 0 Å². The number of hydrogen-bond donors (Lipinski definition) is 2. The van der Waals surface area contributed by atoms with Gasteiger partial charge in [0.1, 0.15) is 6.21 Å². The molecule has 0 saturated heterocycles. The van der Waals surface area contributed by atoms with Crippen molar-refractivity contribution in [1.82, 2.24) is 20.1 Å². The van der Waals surface area contributed by atoms with Crippen LogP contribution in [0.4, 0.5) is 0 Å². The highest BCUT2D eigenvalue weighted by Gasteiger charge is 2.22. The molecule has 0 amide bonds. The van der Waals surface area contributed by atoms with Crippen LogP contribution in [-0.4, -0.2) is 26.4 Å². The number of aromatic nitrogens is 5. The number of H-pyrrole nitrogens is 2. The summed E-state index contributed by atoms with van der Waals surface area (Å²) in [5.74, 6) is 1.19. The zero-order chi connectivity index (χ0) is 22.7. The van der Waals surface area contributed by atoms with Crippen molar-refractivity contribution >= 4 is 18.4 Å². The predicted octanol–water partition coefficient (Wildman–Crippen LogP) is 3.73. The van der Waals surface area contributed by atoms with Gasteiger partial charge < -0.3 is 0 Å². The highest BCUT2D eigenvalue weighted by atomic mass is 32.1. The molecule has 0 bridgehead atoms. The molecule has 0 fully saturated rings. The third-order valence-corrected chi connectivity index (χ3v) is 5.44. The lowest BCUT2D eigenvalue weighted by atomic mass is 9.96. The average molecular weight is 450 g/mol. The second-order valence-corrected chi connectivity index (χ2v) is 8.43. The molecule has 4 aromatic rings. The lowest BCUT2D eigenvalue weighted by Crippen LogP contribution is -2.38. The summed E-state index contributed by atoms with van der Waals surface area (Å²) in [5.41, 5.74) is 2.84. The van der Waals surface area contributed by atoms with E-state index < -0.39 is 5.63 Å². The minimum atomic E-state index is -0.539. The zero-order valence-corrected chi connectivity index (χ0v) is 19.0. The first-order chi connectivity index (χ1) is 15.4. The molecule has 1 atom stereocenters. The third kappa shape index (κ3) is 4.52. The molecular formula is C23H25N6O2S+. The highest BCUT2D eigenvalue weighted by molar-refractivity contribution is 7.71. The van der Waals surface area contributed by atoms with Crippen LogP contribution < -0.4 is 10.3 Å². The Kier molecular flexibility index (Phi) is 6.27. The molecule has 8 nitrogen and oxygen atoms in total. The summed E-state index contributed by atoms with van der Waals surface area (Å²) < 4.78 is 8.36. The van der Waals surface area contributed by atoms with E-state index in [2.05, 4.69) is 58.7 Å². The van der Waals surface area contributed by atoms with Gasteiger partial charge in [0.2, 0.25) is 10.5 Å². The Balaban J connectivity index is 1.65. The van der Waals surface area contributed by atoms with Crippen molar-refractivity contribution in [2.24, 2.45) is 11.0 Å². The number of para-hydroxylation sites is 1. The van der Waals surface area contributed by atoms with Gasteiger partial charge in [-0.25, -0.2) is 4.79 Å². The Morgan fingerprint density at radius 2 is 1.88 bits per heavy atom. The Labute approximate surface area is 190 Å². The molecule has 0 aliphatic rings. The van der Waals surface area contributed by atoms with Crippen molar-refractivity contribution in [3.8, 4) is 5.69 Å². The van der Waals surface area contributed by atoms with E-state index >= 15 is 0 Å². The van der Waals surface area contributed by atoms with E-state index in [1.807, 2.05) is 37.3 Å². The smallest absolute Gasteiger partial charge is 0.282 e. The third-order valence-electron chi connectivity index (χ3n) is 5.18. The maximum absolute atomic E-state index is 12.2. The molecule has 9 heteroatoms. The molecule has 2 N–H and O–H groups in total. The first-order valence-electron chi connectivity index (χ1n) is 10.4. The van der Waals surface area contributed by atoms with Gasteiger partial charge in [-0.15, -0.1) is 0 Å². The monoisotopic (exact) mass is 449 g/mol. The van der Waals surface area contributed by atoms with Gasteiger partial charge in [-0.2, -0.15) is 14.9 Å². The Hall–Kier alpha value is -3.59. The molecule has 32 heavy (non-hydrogen) atoms. The number of aromatic amines is 2. The molecule has 2 aromatic carbocycles. The molecule has 0 saturated carbocycles. The van der Waals surface area contributed by atoms with Crippen LogP contribution in [0.1, 0.15) is 49.3 Å². The molecule has 2 aromatic heterocycles.